The number of carbonyl (C=O) groups excluding carboxylic acids is 1. The fourth-order valence-electron chi connectivity index (χ4n) is 3.41. The van der Waals surface area contributed by atoms with Gasteiger partial charge in [-0.2, -0.15) is 5.26 Å². The first-order valence-corrected chi connectivity index (χ1v) is 10.1. The largest absolute Gasteiger partial charge is 0.481 e. The molecule has 1 aromatic heterocycles. The van der Waals surface area contributed by atoms with Crippen molar-refractivity contribution in [3.63, 3.8) is 0 Å². The van der Waals surface area contributed by atoms with E-state index in [4.69, 9.17) is 23.2 Å². The summed E-state index contributed by atoms with van der Waals surface area (Å²) >= 11 is 13.4. The zero-order chi connectivity index (χ0) is 19.6. The van der Waals surface area contributed by atoms with Crippen molar-refractivity contribution >= 4 is 51.4 Å². The number of benzene rings is 1. The van der Waals surface area contributed by atoms with E-state index < -0.39 is 17.8 Å². The maximum atomic E-state index is 12.7. The second-order valence-corrected chi connectivity index (χ2v) is 8.14. The number of carboxylic acid groups (broad SMARTS) is 1. The van der Waals surface area contributed by atoms with Crippen LogP contribution in [0.25, 0.3) is 11.1 Å². The lowest BCUT2D eigenvalue weighted by Crippen LogP contribution is -2.36. The van der Waals surface area contributed by atoms with Crippen LogP contribution in [0.1, 0.15) is 31.2 Å². The Morgan fingerprint density at radius 1 is 1.19 bits per heavy atom. The van der Waals surface area contributed by atoms with Crippen LogP contribution in [0.4, 0.5) is 5.00 Å². The Kier molecular flexibility index (Phi) is 6.05. The van der Waals surface area contributed by atoms with E-state index in [2.05, 4.69) is 11.4 Å². The van der Waals surface area contributed by atoms with E-state index in [1.807, 2.05) is 0 Å². The van der Waals surface area contributed by atoms with Crippen molar-refractivity contribution in [3.05, 3.63) is 39.2 Å². The number of anilines is 1. The lowest BCUT2D eigenvalue weighted by Gasteiger charge is -2.27. The van der Waals surface area contributed by atoms with Crippen LogP contribution in [-0.4, -0.2) is 17.0 Å². The van der Waals surface area contributed by atoms with E-state index in [9.17, 15) is 20.0 Å². The van der Waals surface area contributed by atoms with E-state index in [0.717, 1.165) is 12.8 Å². The third-order valence-corrected chi connectivity index (χ3v) is 6.22. The van der Waals surface area contributed by atoms with Crippen molar-refractivity contribution in [1.29, 1.82) is 5.26 Å². The van der Waals surface area contributed by atoms with Crippen LogP contribution in [0.15, 0.2) is 23.6 Å². The molecule has 2 atom stereocenters. The molecular weight excluding hydrogens is 407 g/mol. The molecule has 2 N–H and O–H groups in total. The molecule has 3 rings (SSSR count). The van der Waals surface area contributed by atoms with Crippen LogP contribution in [0.3, 0.4) is 0 Å². The average Bonchev–Trinajstić information content (AvgIpc) is 3.03. The van der Waals surface area contributed by atoms with Gasteiger partial charge in [-0.25, -0.2) is 0 Å². The van der Waals surface area contributed by atoms with Crippen LogP contribution < -0.4 is 5.32 Å². The molecular formula is C19H16Cl2N2O3S. The fourth-order valence-corrected chi connectivity index (χ4v) is 4.84. The van der Waals surface area contributed by atoms with Crippen LogP contribution in [0.5, 0.6) is 0 Å². The van der Waals surface area contributed by atoms with Crippen LogP contribution >= 0.6 is 34.5 Å². The summed E-state index contributed by atoms with van der Waals surface area (Å²) < 4.78 is 0. The normalized spacial score (nSPS) is 19.3. The second kappa shape index (κ2) is 8.30. The van der Waals surface area contributed by atoms with Gasteiger partial charge in [0, 0.05) is 26.6 Å². The number of hydrogen-bond donors (Lipinski definition) is 2. The minimum absolute atomic E-state index is 0.306. The Labute approximate surface area is 170 Å². The highest BCUT2D eigenvalue weighted by Gasteiger charge is 2.36. The van der Waals surface area contributed by atoms with Gasteiger partial charge in [-0.3, -0.25) is 9.59 Å². The molecule has 8 heteroatoms. The molecule has 0 spiro atoms. The highest BCUT2D eigenvalue weighted by molar-refractivity contribution is 7.15. The van der Waals surface area contributed by atoms with Gasteiger partial charge < -0.3 is 10.4 Å². The van der Waals surface area contributed by atoms with Gasteiger partial charge in [0.25, 0.3) is 0 Å². The number of nitriles is 1. The Balaban J connectivity index is 1.88. The number of rotatable bonds is 4. The van der Waals surface area contributed by atoms with Gasteiger partial charge in [-0.1, -0.05) is 42.1 Å². The molecule has 1 aliphatic carbocycles. The lowest BCUT2D eigenvalue weighted by molar-refractivity contribution is -0.147. The maximum Gasteiger partial charge on any atom is 0.307 e. The first-order chi connectivity index (χ1) is 12.9. The standard InChI is InChI=1S/C19H16Cl2N2O3S/c20-10-5-6-11(16(21)7-10)15-9-27-18(14(15)8-22)23-17(24)12-3-1-2-4-13(12)19(25)26/h5-7,9,12-13H,1-4H2,(H,23,24)(H,25,26)/t12-,13+/m0/s1. The van der Waals surface area contributed by atoms with Gasteiger partial charge in [0.1, 0.15) is 11.1 Å². The molecule has 140 valence electrons. The number of carboxylic acids is 1. The van der Waals surface area contributed by atoms with Crippen molar-refractivity contribution in [1.82, 2.24) is 0 Å². The molecule has 5 nitrogen and oxygen atoms in total. The summed E-state index contributed by atoms with van der Waals surface area (Å²) in [5.74, 6) is -2.58. The van der Waals surface area contributed by atoms with Crippen LogP contribution in [0, 0.1) is 23.2 Å². The number of nitrogens with one attached hydrogen (secondary N) is 1. The Morgan fingerprint density at radius 2 is 1.89 bits per heavy atom. The molecule has 2 aromatic rings. The minimum atomic E-state index is -0.949. The van der Waals surface area contributed by atoms with E-state index in [1.165, 1.54) is 11.3 Å². The topological polar surface area (TPSA) is 90.2 Å². The SMILES string of the molecule is N#Cc1c(-c2ccc(Cl)cc2Cl)csc1NC(=O)[C@H]1CCCC[C@H]1C(=O)O. The van der Waals surface area contributed by atoms with E-state index in [1.54, 1.807) is 23.6 Å². The Hall–Kier alpha value is -2.07. The highest BCUT2D eigenvalue weighted by atomic mass is 35.5. The number of carbonyl (C=O) groups is 2. The van der Waals surface area contributed by atoms with Crippen molar-refractivity contribution in [2.45, 2.75) is 25.7 Å². The van der Waals surface area contributed by atoms with Crippen molar-refractivity contribution in [3.8, 4) is 17.2 Å². The summed E-state index contributed by atoms with van der Waals surface area (Å²) in [5.41, 5.74) is 1.56. The predicted octanol–water partition coefficient (Wildman–Crippen LogP) is 5.42. The zero-order valence-electron chi connectivity index (χ0n) is 14.2. The summed E-state index contributed by atoms with van der Waals surface area (Å²) in [5, 5.41) is 24.8. The first-order valence-electron chi connectivity index (χ1n) is 8.43. The van der Waals surface area contributed by atoms with Crippen molar-refractivity contribution < 1.29 is 14.7 Å². The van der Waals surface area contributed by atoms with Gasteiger partial charge in [-0.05, 0) is 25.0 Å². The van der Waals surface area contributed by atoms with Gasteiger partial charge in [0.05, 0.1) is 17.4 Å². The van der Waals surface area contributed by atoms with Crippen molar-refractivity contribution in [2.24, 2.45) is 11.8 Å². The number of amides is 1. The summed E-state index contributed by atoms with van der Waals surface area (Å²) in [6, 6.07) is 7.11. The summed E-state index contributed by atoms with van der Waals surface area (Å²) in [7, 11) is 0. The molecule has 1 heterocycles. The van der Waals surface area contributed by atoms with E-state index >= 15 is 0 Å². The summed E-state index contributed by atoms with van der Waals surface area (Å²) in [6.07, 6.45) is 2.66. The molecule has 0 unspecified atom stereocenters. The zero-order valence-corrected chi connectivity index (χ0v) is 16.5. The average molecular weight is 423 g/mol. The molecule has 0 radical (unpaired) electrons. The number of thiophene rings is 1. The molecule has 0 bridgehead atoms. The number of nitrogens with zero attached hydrogens (tertiary/aromatic N) is 1. The molecule has 27 heavy (non-hydrogen) atoms. The fraction of sp³-hybridized carbons (Fsp3) is 0.316. The maximum absolute atomic E-state index is 12.7. The van der Waals surface area contributed by atoms with Crippen LogP contribution in [0.2, 0.25) is 10.0 Å². The van der Waals surface area contributed by atoms with E-state index in [-0.39, 0.29) is 5.91 Å². The second-order valence-electron chi connectivity index (χ2n) is 6.41. The van der Waals surface area contributed by atoms with Crippen molar-refractivity contribution in [2.75, 3.05) is 5.32 Å². The lowest BCUT2D eigenvalue weighted by atomic mass is 9.79. The van der Waals surface area contributed by atoms with E-state index in [0.29, 0.717) is 44.6 Å². The number of hydrogen-bond acceptors (Lipinski definition) is 4. The third kappa shape index (κ3) is 4.11. The van der Waals surface area contributed by atoms with Gasteiger partial charge in [-0.15, -0.1) is 11.3 Å². The van der Waals surface area contributed by atoms with Crippen LogP contribution in [-0.2, 0) is 9.59 Å². The van der Waals surface area contributed by atoms with Gasteiger partial charge in [0.2, 0.25) is 5.91 Å². The quantitative estimate of drug-likeness (QED) is 0.687. The molecule has 1 fully saturated rings. The monoisotopic (exact) mass is 422 g/mol. The smallest absolute Gasteiger partial charge is 0.307 e. The molecule has 1 aliphatic rings. The summed E-state index contributed by atoms with van der Waals surface area (Å²) in [6.45, 7) is 0. The predicted molar refractivity (Wildman–Crippen MR) is 106 cm³/mol. The molecule has 1 aromatic carbocycles. The first kappa shape index (κ1) is 19.7. The molecule has 1 saturated carbocycles. The van der Waals surface area contributed by atoms with Gasteiger partial charge >= 0.3 is 5.97 Å². The third-order valence-electron chi connectivity index (χ3n) is 4.78. The Morgan fingerprint density at radius 3 is 2.52 bits per heavy atom. The minimum Gasteiger partial charge on any atom is -0.481 e. The number of halogens is 2. The highest BCUT2D eigenvalue weighted by Crippen LogP contribution is 2.40. The molecule has 1 amide bonds. The number of aliphatic carboxylic acids is 1. The molecule has 0 saturated heterocycles. The Bertz CT molecular complexity index is 936. The molecule has 0 aliphatic heterocycles. The van der Waals surface area contributed by atoms with Gasteiger partial charge in [0.15, 0.2) is 0 Å². The summed E-state index contributed by atoms with van der Waals surface area (Å²) in [4.78, 5) is 24.1.